The van der Waals surface area contributed by atoms with E-state index in [1.165, 1.54) is 10.2 Å². The van der Waals surface area contributed by atoms with Crippen LogP contribution in [0.15, 0.2) is 24.3 Å². The lowest BCUT2D eigenvalue weighted by Gasteiger charge is -2.12. The van der Waals surface area contributed by atoms with E-state index in [1.54, 1.807) is 0 Å². The summed E-state index contributed by atoms with van der Waals surface area (Å²) in [5.41, 5.74) is 8.28. The number of carbonyl (C=O) groups is 1. The molecule has 0 saturated carbocycles. The van der Waals surface area contributed by atoms with Crippen LogP contribution >= 0.6 is 12.4 Å². The number of benzene rings is 1. The Bertz CT molecular complexity index is 698. The number of aryl methyl sites for hydroxylation is 1. The zero-order valence-corrected chi connectivity index (χ0v) is 16.1. The molecule has 0 bridgehead atoms. The number of tetrazole rings is 1. The molecule has 0 aliphatic heterocycles. The summed E-state index contributed by atoms with van der Waals surface area (Å²) in [5, 5.41) is 31.9. The summed E-state index contributed by atoms with van der Waals surface area (Å²) in [4.78, 5) is 12.1. The maximum atomic E-state index is 12.1. The van der Waals surface area contributed by atoms with E-state index in [0.717, 1.165) is 5.56 Å². The number of nitrogens with zero attached hydrogens (tertiary/aromatic N) is 4. The summed E-state index contributed by atoms with van der Waals surface area (Å²) in [7, 11) is -1.30. The predicted molar refractivity (Wildman–Crippen MR) is 104 cm³/mol. The van der Waals surface area contributed by atoms with E-state index in [0.29, 0.717) is 38.0 Å². The maximum absolute atomic E-state index is 12.1. The van der Waals surface area contributed by atoms with Crippen molar-refractivity contribution < 1.29 is 14.8 Å². The molecule has 148 valence electrons. The van der Waals surface area contributed by atoms with Gasteiger partial charge in [0.1, 0.15) is 6.54 Å². The Balaban J connectivity index is 0.00000364. The van der Waals surface area contributed by atoms with Crippen LogP contribution in [0.4, 0.5) is 0 Å². The van der Waals surface area contributed by atoms with Crippen LogP contribution in [0.2, 0.25) is 6.32 Å². The molecule has 0 aliphatic rings. The molecule has 0 radical (unpaired) electrons. The molecule has 5 N–H and O–H groups in total. The van der Waals surface area contributed by atoms with Crippen LogP contribution in [0.25, 0.3) is 0 Å². The smallest absolute Gasteiger partial charge is 0.427 e. The van der Waals surface area contributed by atoms with Gasteiger partial charge in [-0.05, 0) is 35.7 Å². The third-order valence-corrected chi connectivity index (χ3v) is 4.02. The number of unbranched alkanes of at least 4 members (excludes halogenated alkanes) is 1. The van der Waals surface area contributed by atoms with Crippen molar-refractivity contribution in [2.24, 2.45) is 5.73 Å². The van der Waals surface area contributed by atoms with Gasteiger partial charge in [0.05, 0.1) is 6.04 Å². The number of nitrogens with two attached hydrogens (primary N) is 1. The minimum atomic E-state index is -1.30. The SMILES string of the molecule is Cc1ccc(CNC(=O)Cn2nnnc2C(N)CCCCB(O)O)cc1.Cl. The van der Waals surface area contributed by atoms with Crippen molar-refractivity contribution in [3.05, 3.63) is 41.2 Å². The first-order valence-corrected chi connectivity index (χ1v) is 8.65. The van der Waals surface area contributed by atoms with E-state index >= 15 is 0 Å². The van der Waals surface area contributed by atoms with Gasteiger partial charge in [-0.15, -0.1) is 17.5 Å². The molecule has 2 aromatic rings. The Morgan fingerprint density at radius 2 is 2.00 bits per heavy atom. The highest BCUT2D eigenvalue weighted by Crippen LogP contribution is 2.15. The van der Waals surface area contributed by atoms with Gasteiger partial charge in [-0.25, -0.2) is 4.68 Å². The molecule has 27 heavy (non-hydrogen) atoms. The molecular weight excluding hydrogens is 370 g/mol. The number of nitrogens with one attached hydrogen (secondary N) is 1. The molecule has 0 saturated heterocycles. The van der Waals surface area contributed by atoms with E-state index < -0.39 is 13.2 Å². The molecule has 0 fully saturated rings. The van der Waals surface area contributed by atoms with Crippen LogP contribution in [-0.4, -0.2) is 43.3 Å². The standard InChI is InChI=1S/C16H25BN6O3.ClH/c1-12-5-7-13(8-6-12)10-19-15(24)11-23-16(20-21-22-23)14(18)4-2-3-9-17(25)26;/h5-8,14,25-26H,2-4,9-11,18H2,1H3,(H,19,24);1H. The first kappa shape index (κ1) is 23.0. The van der Waals surface area contributed by atoms with Gasteiger partial charge in [0.15, 0.2) is 5.82 Å². The highest BCUT2D eigenvalue weighted by atomic mass is 35.5. The van der Waals surface area contributed by atoms with Gasteiger partial charge in [-0.2, -0.15) is 0 Å². The van der Waals surface area contributed by atoms with Gasteiger partial charge in [0.2, 0.25) is 5.91 Å². The summed E-state index contributed by atoms with van der Waals surface area (Å²) >= 11 is 0. The van der Waals surface area contributed by atoms with Gasteiger partial charge in [0.25, 0.3) is 0 Å². The minimum absolute atomic E-state index is 0. The fourth-order valence-corrected chi connectivity index (χ4v) is 2.51. The van der Waals surface area contributed by atoms with Crippen molar-refractivity contribution in [3.63, 3.8) is 0 Å². The van der Waals surface area contributed by atoms with Crippen molar-refractivity contribution in [1.82, 2.24) is 25.5 Å². The van der Waals surface area contributed by atoms with E-state index in [2.05, 4.69) is 20.8 Å². The Morgan fingerprint density at radius 3 is 2.67 bits per heavy atom. The quantitative estimate of drug-likeness (QED) is 0.336. The molecule has 1 atom stereocenters. The van der Waals surface area contributed by atoms with Crippen LogP contribution in [0, 0.1) is 6.92 Å². The summed E-state index contributed by atoms with van der Waals surface area (Å²) in [6, 6.07) is 7.52. The topological polar surface area (TPSA) is 139 Å². The van der Waals surface area contributed by atoms with E-state index in [1.807, 2.05) is 31.2 Å². The van der Waals surface area contributed by atoms with Crippen LogP contribution in [0.1, 0.15) is 42.3 Å². The van der Waals surface area contributed by atoms with Gasteiger partial charge in [0, 0.05) is 6.54 Å². The number of hydrogen-bond acceptors (Lipinski definition) is 7. The predicted octanol–water partition coefficient (Wildman–Crippen LogP) is 0.363. The minimum Gasteiger partial charge on any atom is -0.427 e. The Labute approximate surface area is 164 Å². The van der Waals surface area contributed by atoms with Crippen LogP contribution in [-0.2, 0) is 17.9 Å². The number of carbonyl (C=O) groups excluding carboxylic acids is 1. The second kappa shape index (κ2) is 11.7. The first-order valence-electron chi connectivity index (χ1n) is 8.65. The normalized spacial score (nSPS) is 11.6. The molecule has 11 heteroatoms. The molecule has 9 nitrogen and oxygen atoms in total. The fourth-order valence-electron chi connectivity index (χ4n) is 2.51. The molecule has 1 heterocycles. The highest BCUT2D eigenvalue weighted by Gasteiger charge is 2.17. The second-order valence-electron chi connectivity index (χ2n) is 6.33. The molecule has 1 amide bonds. The summed E-state index contributed by atoms with van der Waals surface area (Å²) in [6.45, 7) is 2.44. The van der Waals surface area contributed by atoms with E-state index in [-0.39, 0.29) is 24.9 Å². The molecule has 1 aromatic heterocycles. The summed E-state index contributed by atoms with van der Waals surface area (Å²) in [5.74, 6) is 0.245. The van der Waals surface area contributed by atoms with Gasteiger partial charge >= 0.3 is 7.12 Å². The molecule has 2 rings (SSSR count). The zero-order chi connectivity index (χ0) is 18.9. The third-order valence-electron chi connectivity index (χ3n) is 4.02. The van der Waals surface area contributed by atoms with Crippen LogP contribution < -0.4 is 11.1 Å². The number of amides is 1. The van der Waals surface area contributed by atoms with Crippen molar-refractivity contribution in [2.75, 3.05) is 0 Å². The molecule has 0 spiro atoms. The summed E-state index contributed by atoms with van der Waals surface area (Å²) in [6.07, 6.45) is 2.26. The van der Waals surface area contributed by atoms with Crippen molar-refractivity contribution in [1.29, 1.82) is 0 Å². The lowest BCUT2D eigenvalue weighted by atomic mass is 9.83. The molecular formula is C16H26BClN6O3. The van der Waals surface area contributed by atoms with Crippen LogP contribution in [0.3, 0.4) is 0 Å². The first-order chi connectivity index (χ1) is 12.5. The number of hydrogen-bond donors (Lipinski definition) is 4. The Kier molecular flexibility index (Phi) is 9.94. The molecule has 1 unspecified atom stereocenters. The number of rotatable bonds is 10. The monoisotopic (exact) mass is 396 g/mol. The number of halogens is 1. The lowest BCUT2D eigenvalue weighted by Crippen LogP contribution is -2.29. The van der Waals surface area contributed by atoms with Gasteiger partial charge in [-0.1, -0.05) is 42.7 Å². The maximum Gasteiger partial charge on any atom is 0.451 e. The largest absolute Gasteiger partial charge is 0.451 e. The molecule has 1 aromatic carbocycles. The van der Waals surface area contributed by atoms with E-state index in [9.17, 15) is 4.79 Å². The Morgan fingerprint density at radius 1 is 1.30 bits per heavy atom. The second-order valence-corrected chi connectivity index (χ2v) is 6.33. The van der Waals surface area contributed by atoms with Crippen molar-refractivity contribution in [2.45, 2.75) is 51.6 Å². The third kappa shape index (κ3) is 8.04. The average Bonchev–Trinajstić information content (AvgIpc) is 3.06. The highest BCUT2D eigenvalue weighted by molar-refractivity contribution is 6.40. The lowest BCUT2D eigenvalue weighted by molar-refractivity contribution is -0.122. The summed E-state index contributed by atoms with van der Waals surface area (Å²) < 4.78 is 1.40. The van der Waals surface area contributed by atoms with Gasteiger partial charge in [-0.3, -0.25) is 4.79 Å². The van der Waals surface area contributed by atoms with Crippen molar-refractivity contribution in [3.8, 4) is 0 Å². The van der Waals surface area contributed by atoms with Crippen molar-refractivity contribution >= 4 is 25.4 Å². The zero-order valence-electron chi connectivity index (χ0n) is 15.3. The Hall–Kier alpha value is -2.01. The number of aromatic nitrogens is 4. The fraction of sp³-hybridized carbons (Fsp3) is 0.500. The van der Waals surface area contributed by atoms with Gasteiger partial charge < -0.3 is 21.1 Å². The average molecular weight is 397 g/mol. The molecule has 0 aliphatic carbocycles. The van der Waals surface area contributed by atoms with E-state index in [4.69, 9.17) is 15.8 Å². The van der Waals surface area contributed by atoms with Crippen LogP contribution in [0.5, 0.6) is 0 Å².